The summed E-state index contributed by atoms with van der Waals surface area (Å²) in [4.78, 5) is 18.3. The maximum atomic E-state index is 11.2. The Morgan fingerprint density at radius 2 is 2.00 bits per heavy atom. The summed E-state index contributed by atoms with van der Waals surface area (Å²) in [6.07, 6.45) is 2.25. The van der Waals surface area contributed by atoms with Crippen molar-refractivity contribution in [3.8, 4) is 0 Å². The highest BCUT2D eigenvalue weighted by Gasteiger charge is 2.30. The first kappa shape index (κ1) is 23.3. The molecular weight excluding hydrogens is 479 g/mol. The van der Waals surface area contributed by atoms with Crippen molar-refractivity contribution in [1.29, 1.82) is 0 Å². The molecule has 0 spiro atoms. The maximum Gasteiger partial charge on any atom is 0.284 e. The van der Waals surface area contributed by atoms with Crippen molar-refractivity contribution in [2.75, 3.05) is 19.6 Å². The van der Waals surface area contributed by atoms with E-state index in [4.69, 9.17) is 15.1 Å². The quantitative estimate of drug-likeness (QED) is 0.350. The van der Waals surface area contributed by atoms with Crippen LogP contribution in [0.3, 0.4) is 0 Å². The first-order chi connectivity index (χ1) is 13.6. The zero-order valence-corrected chi connectivity index (χ0v) is 19.5. The highest BCUT2D eigenvalue weighted by Crippen LogP contribution is 2.34. The van der Waals surface area contributed by atoms with Gasteiger partial charge in [-0.25, -0.2) is 4.99 Å². The molecule has 1 amide bonds. The smallest absolute Gasteiger partial charge is 0.284 e. The molecule has 6 nitrogen and oxygen atoms in total. The number of likely N-dealkylation sites (tertiary alicyclic amines) is 1. The molecule has 29 heavy (non-hydrogen) atoms. The van der Waals surface area contributed by atoms with Crippen molar-refractivity contribution in [1.82, 2.24) is 10.2 Å². The molecule has 1 saturated heterocycles. The van der Waals surface area contributed by atoms with Gasteiger partial charge in [0.25, 0.3) is 5.91 Å². The summed E-state index contributed by atoms with van der Waals surface area (Å²) in [7, 11) is 0. The molecule has 2 unspecified atom stereocenters. The summed E-state index contributed by atoms with van der Waals surface area (Å²) in [6.45, 7) is 7.47. The van der Waals surface area contributed by atoms with E-state index in [2.05, 4.69) is 54.4 Å². The van der Waals surface area contributed by atoms with E-state index in [0.29, 0.717) is 24.1 Å². The summed E-state index contributed by atoms with van der Waals surface area (Å²) in [5.74, 6) is 2.32. The monoisotopic (exact) mass is 510 g/mol. The van der Waals surface area contributed by atoms with Crippen molar-refractivity contribution in [3.63, 3.8) is 0 Å². The van der Waals surface area contributed by atoms with Gasteiger partial charge < -0.3 is 20.4 Å². The van der Waals surface area contributed by atoms with Crippen LogP contribution in [0.25, 0.3) is 0 Å². The fourth-order valence-corrected chi connectivity index (χ4v) is 3.95. The maximum absolute atomic E-state index is 11.2. The van der Waals surface area contributed by atoms with Crippen LogP contribution >= 0.6 is 24.0 Å². The van der Waals surface area contributed by atoms with Crippen LogP contribution < -0.4 is 11.1 Å². The van der Waals surface area contributed by atoms with Crippen molar-refractivity contribution >= 4 is 35.8 Å². The Balaban J connectivity index is 0.00000300. The number of nitrogens with one attached hydrogen (secondary N) is 1. The van der Waals surface area contributed by atoms with E-state index in [0.717, 1.165) is 38.4 Å². The van der Waals surface area contributed by atoms with Gasteiger partial charge in [0, 0.05) is 19.6 Å². The normalized spacial score (nSPS) is 19.5. The number of hydrogen-bond donors (Lipinski definition) is 2. The van der Waals surface area contributed by atoms with Crippen molar-refractivity contribution in [3.05, 3.63) is 59.5 Å². The number of halogens is 1. The van der Waals surface area contributed by atoms with Gasteiger partial charge in [-0.05, 0) is 42.9 Å². The van der Waals surface area contributed by atoms with Gasteiger partial charge in [-0.15, -0.1) is 24.0 Å². The lowest BCUT2D eigenvalue weighted by molar-refractivity contribution is 0.0972. The number of guanidine groups is 1. The predicted octanol–water partition coefficient (Wildman–Crippen LogP) is 3.98. The fourth-order valence-electron chi connectivity index (χ4n) is 3.95. The van der Waals surface area contributed by atoms with Crippen LogP contribution in [0.2, 0.25) is 0 Å². The number of carbonyl (C=O) groups is 1. The molecule has 2 atom stereocenters. The van der Waals surface area contributed by atoms with Crippen LogP contribution in [0.15, 0.2) is 51.9 Å². The second kappa shape index (κ2) is 11.2. The highest BCUT2D eigenvalue weighted by atomic mass is 127. The number of hydrogen-bond acceptors (Lipinski definition) is 3. The van der Waals surface area contributed by atoms with Gasteiger partial charge in [0.2, 0.25) is 0 Å². The zero-order valence-electron chi connectivity index (χ0n) is 17.1. The summed E-state index contributed by atoms with van der Waals surface area (Å²) in [5, 5.41) is 3.39. The molecule has 2 aromatic rings. The molecule has 0 aliphatic carbocycles. The van der Waals surface area contributed by atoms with E-state index in [1.54, 1.807) is 12.1 Å². The van der Waals surface area contributed by atoms with Crippen molar-refractivity contribution in [2.45, 2.75) is 39.2 Å². The third-order valence-electron chi connectivity index (χ3n) is 5.41. The van der Waals surface area contributed by atoms with E-state index in [1.807, 2.05) is 0 Å². The number of nitrogens with two attached hydrogens (primary N) is 1. The van der Waals surface area contributed by atoms with Gasteiger partial charge in [0.15, 0.2) is 11.7 Å². The SMILES string of the molecule is CCNC(=NCc1ccc(C(N)=O)o1)N1CCC(c2ccccc2)C(CC)C1.I. The molecular formula is C22H31IN4O2. The summed E-state index contributed by atoms with van der Waals surface area (Å²) >= 11 is 0. The van der Waals surface area contributed by atoms with Crippen LogP contribution in [0.4, 0.5) is 0 Å². The van der Waals surface area contributed by atoms with Gasteiger partial charge in [0.1, 0.15) is 12.3 Å². The Morgan fingerprint density at radius 1 is 1.24 bits per heavy atom. The van der Waals surface area contributed by atoms with E-state index in [-0.39, 0.29) is 29.7 Å². The van der Waals surface area contributed by atoms with Gasteiger partial charge in [-0.3, -0.25) is 4.79 Å². The van der Waals surface area contributed by atoms with Crippen LogP contribution in [-0.4, -0.2) is 36.4 Å². The minimum absolute atomic E-state index is 0. The molecule has 2 heterocycles. The largest absolute Gasteiger partial charge is 0.454 e. The van der Waals surface area contributed by atoms with Crippen LogP contribution in [0.5, 0.6) is 0 Å². The molecule has 158 valence electrons. The van der Waals surface area contributed by atoms with Crippen LogP contribution in [0.1, 0.15) is 54.5 Å². The van der Waals surface area contributed by atoms with E-state index >= 15 is 0 Å². The fraction of sp³-hybridized carbons (Fsp3) is 0.455. The van der Waals surface area contributed by atoms with Crippen molar-refractivity contribution in [2.24, 2.45) is 16.6 Å². The van der Waals surface area contributed by atoms with Gasteiger partial charge in [-0.2, -0.15) is 0 Å². The van der Waals surface area contributed by atoms with Crippen LogP contribution in [0, 0.1) is 5.92 Å². The van der Waals surface area contributed by atoms with Crippen molar-refractivity contribution < 1.29 is 9.21 Å². The molecule has 1 aliphatic rings. The number of nitrogens with zero attached hydrogens (tertiary/aromatic N) is 2. The Morgan fingerprint density at radius 3 is 2.62 bits per heavy atom. The van der Waals surface area contributed by atoms with Gasteiger partial charge >= 0.3 is 0 Å². The number of primary amides is 1. The number of piperidine rings is 1. The highest BCUT2D eigenvalue weighted by molar-refractivity contribution is 14.0. The van der Waals surface area contributed by atoms with Crippen LogP contribution in [-0.2, 0) is 6.54 Å². The summed E-state index contributed by atoms with van der Waals surface area (Å²) in [6, 6.07) is 14.2. The number of furan rings is 1. The Labute approximate surface area is 190 Å². The number of carbonyl (C=O) groups excluding carboxylic acids is 1. The Kier molecular flexibility index (Phi) is 9.00. The van der Waals surface area contributed by atoms with E-state index in [9.17, 15) is 4.79 Å². The minimum atomic E-state index is -0.559. The second-order valence-corrected chi connectivity index (χ2v) is 7.22. The molecule has 0 bridgehead atoms. The lowest BCUT2D eigenvalue weighted by atomic mass is 9.79. The lowest BCUT2D eigenvalue weighted by Gasteiger charge is -2.40. The molecule has 1 aromatic carbocycles. The molecule has 7 heteroatoms. The molecule has 1 fully saturated rings. The van der Waals surface area contributed by atoms with E-state index < -0.39 is 5.91 Å². The summed E-state index contributed by atoms with van der Waals surface area (Å²) < 4.78 is 5.45. The Hall–Kier alpha value is -2.03. The second-order valence-electron chi connectivity index (χ2n) is 7.22. The standard InChI is InChI=1S/C22H30N4O2.HI/c1-3-16-15-26(13-12-19(16)17-8-6-5-7-9-17)22(24-4-2)25-14-18-10-11-20(28-18)21(23)27;/h5-11,16,19H,3-4,12-15H2,1-2H3,(H2,23,27)(H,24,25);1H. The molecule has 0 saturated carbocycles. The van der Waals surface area contributed by atoms with Gasteiger partial charge in [-0.1, -0.05) is 43.7 Å². The predicted molar refractivity (Wildman–Crippen MR) is 127 cm³/mol. The number of rotatable bonds is 6. The molecule has 3 rings (SSSR count). The topological polar surface area (TPSA) is 83.9 Å². The average Bonchev–Trinajstić information content (AvgIpc) is 3.21. The minimum Gasteiger partial charge on any atom is -0.454 e. The first-order valence-electron chi connectivity index (χ1n) is 10.1. The molecule has 3 N–H and O–H groups in total. The van der Waals surface area contributed by atoms with E-state index in [1.165, 1.54) is 5.56 Å². The molecule has 1 aromatic heterocycles. The third kappa shape index (κ3) is 5.98. The lowest BCUT2D eigenvalue weighted by Crippen LogP contribution is -2.48. The molecule has 0 radical (unpaired) electrons. The first-order valence-corrected chi connectivity index (χ1v) is 10.1. The molecule has 1 aliphatic heterocycles. The summed E-state index contributed by atoms with van der Waals surface area (Å²) in [5.41, 5.74) is 6.69. The average molecular weight is 510 g/mol. The Bertz CT molecular complexity index is 806. The third-order valence-corrected chi connectivity index (χ3v) is 5.41. The number of aliphatic imine (C=N–C) groups is 1. The zero-order chi connectivity index (χ0) is 19.9. The van der Waals surface area contributed by atoms with Gasteiger partial charge in [0.05, 0.1) is 0 Å². The number of amides is 1. The number of benzene rings is 1.